The van der Waals surface area contributed by atoms with Gasteiger partial charge in [0.15, 0.2) is 6.10 Å². The molecule has 0 fully saturated rings. The van der Waals surface area contributed by atoms with Gasteiger partial charge < -0.3 is 14.2 Å². The van der Waals surface area contributed by atoms with Gasteiger partial charge in [-0.2, -0.15) is 0 Å². The minimum Gasteiger partial charge on any atom is -0.462 e. The van der Waals surface area contributed by atoms with Crippen molar-refractivity contribution in [1.29, 1.82) is 0 Å². The number of carbonyl (C=O) groups is 3. The fourth-order valence-corrected chi connectivity index (χ4v) is 9.19. The van der Waals surface area contributed by atoms with Crippen molar-refractivity contribution >= 4 is 17.9 Å². The van der Waals surface area contributed by atoms with Crippen LogP contribution in [0.3, 0.4) is 0 Å². The van der Waals surface area contributed by atoms with E-state index in [1.54, 1.807) is 0 Å². The van der Waals surface area contributed by atoms with Crippen molar-refractivity contribution in [2.45, 2.75) is 322 Å². The summed E-state index contributed by atoms with van der Waals surface area (Å²) in [7, 11) is 0. The second-order valence-corrected chi connectivity index (χ2v) is 21.6. The molecule has 1 unspecified atom stereocenters. The van der Waals surface area contributed by atoms with Crippen LogP contribution in [0.5, 0.6) is 0 Å². The van der Waals surface area contributed by atoms with Gasteiger partial charge >= 0.3 is 17.9 Å². The fourth-order valence-electron chi connectivity index (χ4n) is 9.19. The zero-order valence-corrected chi connectivity index (χ0v) is 50.7. The molecule has 0 heterocycles. The molecule has 0 spiro atoms. The van der Waals surface area contributed by atoms with E-state index in [1.807, 2.05) is 0 Å². The average Bonchev–Trinajstić information content (AvgIpc) is 3.43. The highest BCUT2D eigenvalue weighted by Crippen LogP contribution is 2.17. The second kappa shape index (κ2) is 64.9. The van der Waals surface area contributed by atoms with E-state index in [-0.39, 0.29) is 37.5 Å². The van der Waals surface area contributed by atoms with Crippen LogP contribution in [-0.4, -0.2) is 37.2 Å². The topological polar surface area (TPSA) is 78.9 Å². The van der Waals surface area contributed by atoms with Crippen LogP contribution in [0.2, 0.25) is 0 Å². The van der Waals surface area contributed by atoms with Crippen molar-refractivity contribution < 1.29 is 28.6 Å². The Morgan fingerprint density at radius 3 is 0.844 bits per heavy atom. The third kappa shape index (κ3) is 63.0. The van der Waals surface area contributed by atoms with E-state index in [9.17, 15) is 14.4 Å². The summed E-state index contributed by atoms with van der Waals surface area (Å²) in [4.78, 5) is 38.3. The molecule has 0 saturated heterocycles. The van der Waals surface area contributed by atoms with Crippen LogP contribution in [0.25, 0.3) is 0 Å². The van der Waals surface area contributed by atoms with Gasteiger partial charge in [-0.15, -0.1) is 0 Å². The summed E-state index contributed by atoms with van der Waals surface area (Å²) in [6, 6.07) is 0. The molecule has 6 nitrogen and oxygen atoms in total. The predicted molar refractivity (Wildman–Crippen MR) is 334 cm³/mol. The lowest BCUT2D eigenvalue weighted by molar-refractivity contribution is -0.167. The van der Waals surface area contributed by atoms with Gasteiger partial charge in [0.25, 0.3) is 0 Å². The lowest BCUT2D eigenvalue weighted by atomic mass is 10.0. The second-order valence-electron chi connectivity index (χ2n) is 21.6. The summed E-state index contributed by atoms with van der Waals surface area (Å²) in [6.45, 7) is 6.49. The molecule has 0 aliphatic rings. The highest BCUT2D eigenvalue weighted by molar-refractivity contribution is 5.71. The first kappa shape index (κ1) is 73.3. The summed E-state index contributed by atoms with van der Waals surface area (Å²) in [5, 5.41) is 0. The van der Waals surface area contributed by atoms with Crippen LogP contribution in [-0.2, 0) is 28.6 Å². The first-order valence-corrected chi connectivity index (χ1v) is 32.7. The van der Waals surface area contributed by atoms with Crippen molar-refractivity contribution in [2.24, 2.45) is 0 Å². The molecule has 0 bridgehead atoms. The van der Waals surface area contributed by atoms with Gasteiger partial charge in [-0.3, -0.25) is 14.4 Å². The number of ether oxygens (including phenoxy) is 3. The molecule has 0 radical (unpaired) electrons. The van der Waals surface area contributed by atoms with Gasteiger partial charge in [0.2, 0.25) is 0 Å². The summed E-state index contributed by atoms with van der Waals surface area (Å²) < 4.78 is 16.9. The Morgan fingerprint density at radius 2 is 0.519 bits per heavy atom. The first-order chi connectivity index (χ1) is 38.0. The van der Waals surface area contributed by atoms with Crippen LogP contribution in [0, 0.1) is 0 Å². The molecule has 442 valence electrons. The van der Waals surface area contributed by atoms with Crippen LogP contribution >= 0.6 is 0 Å². The van der Waals surface area contributed by atoms with E-state index in [2.05, 4.69) is 118 Å². The highest BCUT2D eigenvalue weighted by Gasteiger charge is 2.19. The molecule has 0 aromatic heterocycles. The maximum Gasteiger partial charge on any atom is 0.306 e. The Morgan fingerprint density at radius 1 is 0.273 bits per heavy atom. The molecule has 1 atom stereocenters. The number of hydrogen-bond donors (Lipinski definition) is 0. The van der Waals surface area contributed by atoms with Crippen molar-refractivity contribution in [3.05, 3.63) is 97.2 Å². The van der Waals surface area contributed by atoms with Crippen molar-refractivity contribution in [3.8, 4) is 0 Å². The molecule has 0 aliphatic carbocycles. The third-order valence-electron chi connectivity index (χ3n) is 14.1. The maximum atomic E-state index is 12.9. The molecular formula is C71H122O6. The van der Waals surface area contributed by atoms with E-state index in [1.165, 1.54) is 173 Å². The van der Waals surface area contributed by atoms with Crippen LogP contribution in [0.1, 0.15) is 316 Å². The van der Waals surface area contributed by atoms with Crippen molar-refractivity contribution in [2.75, 3.05) is 13.2 Å². The Labute approximate surface area is 477 Å². The average molecular weight is 1070 g/mol. The smallest absolute Gasteiger partial charge is 0.306 e. The number of rotatable bonds is 59. The van der Waals surface area contributed by atoms with Crippen LogP contribution < -0.4 is 0 Å². The van der Waals surface area contributed by atoms with Gasteiger partial charge in [0.1, 0.15) is 13.2 Å². The van der Waals surface area contributed by atoms with Crippen molar-refractivity contribution in [3.63, 3.8) is 0 Å². The Kier molecular flexibility index (Phi) is 61.8. The van der Waals surface area contributed by atoms with E-state index in [0.717, 1.165) is 96.3 Å². The van der Waals surface area contributed by atoms with Gasteiger partial charge in [-0.25, -0.2) is 0 Å². The predicted octanol–water partition coefficient (Wildman–Crippen LogP) is 22.4. The molecule has 0 aromatic rings. The molecule has 0 saturated carbocycles. The lowest BCUT2D eigenvalue weighted by Crippen LogP contribution is -2.30. The monoisotopic (exact) mass is 1070 g/mol. The number of hydrogen-bond acceptors (Lipinski definition) is 6. The number of esters is 3. The summed E-state index contributed by atoms with van der Waals surface area (Å²) >= 11 is 0. The van der Waals surface area contributed by atoms with Gasteiger partial charge in [-0.05, 0) is 96.3 Å². The largest absolute Gasteiger partial charge is 0.462 e. The third-order valence-corrected chi connectivity index (χ3v) is 14.1. The van der Waals surface area contributed by atoms with Gasteiger partial charge in [-0.1, -0.05) is 298 Å². The Hall–Kier alpha value is -3.67. The SMILES string of the molecule is CC/C=C\C/C=C\C/C=C\C/C=C\C/C=C\CCCC(=O)OCC(COC(=O)CCCCCCCC/C=C\C/C=C\C/C=C\CCCCCCC)OC(=O)CCCCCCCCCCCCCCCCCCCCCCC. The van der Waals surface area contributed by atoms with E-state index in [4.69, 9.17) is 14.2 Å². The minimum atomic E-state index is -0.807. The Balaban J connectivity index is 4.45. The quantitative estimate of drug-likeness (QED) is 0.0261. The first-order valence-electron chi connectivity index (χ1n) is 32.7. The van der Waals surface area contributed by atoms with Crippen LogP contribution in [0.15, 0.2) is 97.2 Å². The number of allylic oxidation sites excluding steroid dienone is 16. The number of unbranched alkanes of at least 4 members (excludes halogenated alkanes) is 32. The maximum absolute atomic E-state index is 12.9. The molecule has 0 aliphatic heterocycles. The molecule has 0 rings (SSSR count). The standard InChI is InChI=1S/C71H122O6/c1-4-7-10-13-16-19-22-25-28-31-33-35-37-40-43-46-49-52-55-58-61-64-70(73)76-67-68(66-75-69(72)63-60-57-54-51-48-45-42-39-30-27-24-21-18-15-12-9-6-3)77-71(74)65-62-59-56-53-50-47-44-41-38-36-34-32-29-26-23-20-17-14-11-8-5-2/h9,12,18,21-22,25,27,30-31,33,37,40,42,45,51,54,68H,4-8,10-11,13-17,19-20,23-24,26,28-29,32,34-36,38-39,41,43-44,46-50,52-53,55-67H2,1-3H3/b12-9-,21-18-,25-22-,30-27-,33-31-,40-37-,45-42-,54-51-. The normalized spacial score (nSPS) is 12.7. The van der Waals surface area contributed by atoms with Gasteiger partial charge in [0.05, 0.1) is 0 Å². The van der Waals surface area contributed by atoms with E-state index in [0.29, 0.717) is 19.3 Å². The molecule has 0 aromatic carbocycles. The summed E-state index contributed by atoms with van der Waals surface area (Å²) in [5.74, 6) is -0.959. The van der Waals surface area contributed by atoms with Crippen molar-refractivity contribution in [1.82, 2.24) is 0 Å². The minimum absolute atomic E-state index is 0.100. The molecule has 77 heavy (non-hydrogen) atoms. The zero-order chi connectivity index (χ0) is 55.7. The lowest BCUT2D eigenvalue weighted by Gasteiger charge is -2.18. The van der Waals surface area contributed by atoms with E-state index >= 15 is 0 Å². The van der Waals surface area contributed by atoms with E-state index < -0.39 is 6.10 Å². The molecule has 0 N–H and O–H groups in total. The zero-order valence-electron chi connectivity index (χ0n) is 50.7. The number of carbonyl (C=O) groups excluding carboxylic acids is 3. The van der Waals surface area contributed by atoms with Crippen LogP contribution in [0.4, 0.5) is 0 Å². The van der Waals surface area contributed by atoms with Gasteiger partial charge in [0, 0.05) is 19.3 Å². The summed E-state index contributed by atoms with van der Waals surface area (Å²) in [6.07, 6.45) is 87.1. The molecule has 0 amide bonds. The fraction of sp³-hybridized carbons (Fsp3) is 0.732. The summed E-state index contributed by atoms with van der Waals surface area (Å²) in [5.41, 5.74) is 0. The highest BCUT2D eigenvalue weighted by atomic mass is 16.6. The molecular weight excluding hydrogens is 949 g/mol. The molecule has 6 heteroatoms. The Bertz CT molecular complexity index is 1510.